The van der Waals surface area contributed by atoms with E-state index in [2.05, 4.69) is 45.0 Å². The van der Waals surface area contributed by atoms with Crippen LogP contribution in [-0.2, 0) is 0 Å². The number of hydrogen-bond acceptors (Lipinski definition) is 2. The second-order valence-corrected chi connectivity index (χ2v) is 4.18. The second kappa shape index (κ2) is 4.53. The molecule has 0 aliphatic heterocycles. The van der Waals surface area contributed by atoms with Gasteiger partial charge >= 0.3 is 0 Å². The first-order valence-corrected chi connectivity index (χ1v) is 5.60. The van der Waals surface area contributed by atoms with E-state index in [0.29, 0.717) is 0 Å². The van der Waals surface area contributed by atoms with Gasteiger partial charge in [0.15, 0.2) is 0 Å². The molecule has 0 aliphatic rings. The van der Waals surface area contributed by atoms with Crippen molar-refractivity contribution in [2.75, 3.05) is 0 Å². The fourth-order valence-corrected chi connectivity index (χ4v) is 1.75. The molecule has 15 heavy (non-hydrogen) atoms. The van der Waals surface area contributed by atoms with Crippen LogP contribution in [0.1, 0.15) is 24.2 Å². The van der Waals surface area contributed by atoms with Gasteiger partial charge in [-0.2, -0.15) is 0 Å². The van der Waals surface area contributed by atoms with Crippen molar-refractivity contribution in [3.8, 4) is 0 Å². The van der Waals surface area contributed by atoms with Crippen molar-refractivity contribution < 1.29 is 0 Å². The lowest BCUT2D eigenvalue weighted by Crippen LogP contribution is -2.01. The zero-order valence-electron chi connectivity index (χ0n) is 8.39. The molecule has 0 bridgehead atoms. The van der Waals surface area contributed by atoms with Crippen LogP contribution < -0.4 is 0 Å². The molecule has 1 unspecified atom stereocenters. The van der Waals surface area contributed by atoms with E-state index in [9.17, 15) is 0 Å². The maximum absolute atomic E-state index is 4.36. The van der Waals surface area contributed by atoms with Crippen molar-refractivity contribution >= 4 is 15.9 Å². The minimum absolute atomic E-state index is 0.226. The quantitative estimate of drug-likeness (QED) is 0.776. The van der Waals surface area contributed by atoms with Gasteiger partial charge in [-0.3, -0.25) is 0 Å². The fraction of sp³-hybridized carbons (Fsp3) is 0.167. The van der Waals surface area contributed by atoms with Crippen LogP contribution in [0.2, 0.25) is 0 Å². The van der Waals surface area contributed by atoms with E-state index < -0.39 is 0 Å². The number of hydrogen-bond donors (Lipinski definition) is 0. The fourth-order valence-electron chi connectivity index (χ4n) is 1.45. The van der Waals surface area contributed by atoms with Gasteiger partial charge in [0.1, 0.15) is 10.4 Å². The molecule has 1 aromatic heterocycles. The Labute approximate surface area is 97.5 Å². The molecular formula is C12H11BrN2. The van der Waals surface area contributed by atoms with Gasteiger partial charge in [-0.25, -0.2) is 9.97 Å². The molecule has 1 atom stereocenters. The van der Waals surface area contributed by atoms with Crippen molar-refractivity contribution in [2.45, 2.75) is 12.8 Å². The van der Waals surface area contributed by atoms with Crippen LogP contribution in [0.5, 0.6) is 0 Å². The number of aromatic nitrogens is 2. The standard InChI is InChI=1S/C12H11BrN2/c1-9(10-5-3-2-4-6-10)12-14-8-7-11(13)15-12/h2-9H,1H3. The van der Waals surface area contributed by atoms with E-state index in [1.807, 2.05) is 24.3 Å². The molecule has 0 N–H and O–H groups in total. The zero-order valence-corrected chi connectivity index (χ0v) is 9.98. The number of benzene rings is 1. The Hall–Kier alpha value is -1.22. The molecular weight excluding hydrogens is 252 g/mol. The molecule has 0 radical (unpaired) electrons. The summed E-state index contributed by atoms with van der Waals surface area (Å²) in [6.07, 6.45) is 1.77. The molecule has 0 fully saturated rings. The summed E-state index contributed by atoms with van der Waals surface area (Å²) < 4.78 is 0.829. The molecule has 1 aromatic carbocycles. The molecule has 0 amide bonds. The highest BCUT2D eigenvalue weighted by Crippen LogP contribution is 2.21. The first-order chi connectivity index (χ1) is 7.27. The van der Waals surface area contributed by atoms with Crippen molar-refractivity contribution in [1.29, 1.82) is 0 Å². The summed E-state index contributed by atoms with van der Waals surface area (Å²) in [5.74, 6) is 1.07. The minimum atomic E-state index is 0.226. The summed E-state index contributed by atoms with van der Waals surface area (Å²) in [4.78, 5) is 8.63. The monoisotopic (exact) mass is 262 g/mol. The molecule has 3 heteroatoms. The Morgan fingerprint density at radius 3 is 2.53 bits per heavy atom. The summed E-state index contributed by atoms with van der Waals surface area (Å²) in [6.45, 7) is 2.11. The van der Waals surface area contributed by atoms with E-state index in [1.165, 1.54) is 5.56 Å². The number of rotatable bonds is 2. The van der Waals surface area contributed by atoms with Crippen LogP contribution in [0.25, 0.3) is 0 Å². The molecule has 2 nitrogen and oxygen atoms in total. The van der Waals surface area contributed by atoms with Crippen LogP contribution in [-0.4, -0.2) is 9.97 Å². The molecule has 0 saturated carbocycles. The van der Waals surface area contributed by atoms with E-state index in [0.717, 1.165) is 10.4 Å². The summed E-state index contributed by atoms with van der Waals surface area (Å²) in [5.41, 5.74) is 1.23. The molecule has 0 saturated heterocycles. The van der Waals surface area contributed by atoms with Crippen LogP contribution in [0.15, 0.2) is 47.2 Å². The van der Waals surface area contributed by atoms with Crippen molar-refractivity contribution in [3.63, 3.8) is 0 Å². The van der Waals surface area contributed by atoms with Crippen molar-refractivity contribution in [1.82, 2.24) is 9.97 Å². The van der Waals surface area contributed by atoms with Gasteiger partial charge in [0, 0.05) is 12.1 Å². The summed E-state index contributed by atoms with van der Waals surface area (Å²) in [5, 5.41) is 0. The largest absolute Gasteiger partial charge is 0.241 e. The molecule has 0 spiro atoms. The normalized spacial score (nSPS) is 12.4. The average molecular weight is 263 g/mol. The average Bonchev–Trinajstić information content (AvgIpc) is 2.29. The SMILES string of the molecule is CC(c1ccccc1)c1nccc(Br)n1. The summed E-state index contributed by atoms with van der Waals surface area (Å²) >= 11 is 3.35. The Kier molecular flexibility index (Phi) is 3.11. The molecule has 2 aromatic rings. The Bertz CT molecular complexity index is 442. The predicted octanol–water partition coefficient (Wildman–Crippen LogP) is 3.39. The van der Waals surface area contributed by atoms with Gasteiger partial charge in [-0.15, -0.1) is 0 Å². The number of halogens is 1. The first-order valence-electron chi connectivity index (χ1n) is 4.81. The topological polar surface area (TPSA) is 25.8 Å². The smallest absolute Gasteiger partial charge is 0.136 e. The number of nitrogens with zero attached hydrogens (tertiary/aromatic N) is 2. The zero-order chi connectivity index (χ0) is 10.7. The highest BCUT2D eigenvalue weighted by atomic mass is 79.9. The highest BCUT2D eigenvalue weighted by Gasteiger charge is 2.10. The van der Waals surface area contributed by atoms with Crippen LogP contribution in [0, 0.1) is 0 Å². The second-order valence-electron chi connectivity index (χ2n) is 3.37. The maximum Gasteiger partial charge on any atom is 0.136 e. The molecule has 1 heterocycles. The van der Waals surface area contributed by atoms with Crippen LogP contribution in [0.3, 0.4) is 0 Å². The van der Waals surface area contributed by atoms with Gasteiger partial charge in [-0.05, 0) is 27.6 Å². The van der Waals surface area contributed by atoms with E-state index in [-0.39, 0.29) is 5.92 Å². The lowest BCUT2D eigenvalue weighted by Gasteiger charge is -2.09. The Balaban J connectivity index is 2.32. The van der Waals surface area contributed by atoms with E-state index in [4.69, 9.17) is 0 Å². The Morgan fingerprint density at radius 2 is 1.87 bits per heavy atom. The van der Waals surface area contributed by atoms with Gasteiger partial charge < -0.3 is 0 Å². The molecule has 76 valence electrons. The third kappa shape index (κ3) is 2.42. The summed E-state index contributed by atoms with van der Waals surface area (Å²) in [6, 6.07) is 12.1. The predicted molar refractivity (Wildman–Crippen MR) is 63.7 cm³/mol. The van der Waals surface area contributed by atoms with Crippen molar-refractivity contribution in [2.24, 2.45) is 0 Å². The lowest BCUT2D eigenvalue weighted by molar-refractivity contribution is 0.809. The van der Waals surface area contributed by atoms with Gasteiger partial charge in [0.25, 0.3) is 0 Å². The minimum Gasteiger partial charge on any atom is -0.241 e. The van der Waals surface area contributed by atoms with Gasteiger partial charge in [0.2, 0.25) is 0 Å². The highest BCUT2D eigenvalue weighted by molar-refractivity contribution is 9.10. The maximum atomic E-state index is 4.36. The lowest BCUT2D eigenvalue weighted by atomic mass is 10.0. The van der Waals surface area contributed by atoms with Gasteiger partial charge in [-0.1, -0.05) is 37.3 Å². The van der Waals surface area contributed by atoms with Gasteiger partial charge in [0.05, 0.1) is 0 Å². The first kappa shape index (κ1) is 10.3. The van der Waals surface area contributed by atoms with Crippen LogP contribution >= 0.6 is 15.9 Å². The van der Waals surface area contributed by atoms with Crippen LogP contribution in [0.4, 0.5) is 0 Å². The van der Waals surface area contributed by atoms with E-state index in [1.54, 1.807) is 6.20 Å². The Morgan fingerprint density at radius 1 is 1.13 bits per heavy atom. The van der Waals surface area contributed by atoms with Crippen molar-refractivity contribution in [3.05, 3.63) is 58.6 Å². The third-order valence-corrected chi connectivity index (χ3v) is 2.77. The third-order valence-electron chi connectivity index (χ3n) is 2.33. The summed E-state index contributed by atoms with van der Waals surface area (Å²) in [7, 11) is 0. The van der Waals surface area contributed by atoms with E-state index >= 15 is 0 Å². The molecule has 2 rings (SSSR count). The molecule has 0 aliphatic carbocycles.